The van der Waals surface area contributed by atoms with Crippen molar-refractivity contribution in [2.45, 2.75) is 13.5 Å². The van der Waals surface area contributed by atoms with E-state index in [4.69, 9.17) is 16.3 Å². The smallest absolute Gasteiger partial charge is 0.330 e. The van der Waals surface area contributed by atoms with Crippen molar-refractivity contribution in [3.05, 3.63) is 69.4 Å². The second kappa shape index (κ2) is 7.56. The lowest BCUT2D eigenvalue weighted by Gasteiger charge is -2.07. The molecular formula is C16H15ClN2O3. The molecule has 0 saturated carbocycles. The lowest BCUT2D eigenvalue weighted by Crippen LogP contribution is -2.23. The maximum atomic E-state index is 12.3. The molecule has 0 spiro atoms. The first kappa shape index (κ1) is 16.0. The maximum Gasteiger partial charge on any atom is 0.330 e. The van der Waals surface area contributed by atoms with Gasteiger partial charge in [-0.25, -0.2) is 9.78 Å². The third-order valence-corrected chi connectivity index (χ3v) is 3.01. The highest BCUT2D eigenvalue weighted by molar-refractivity contribution is 6.29. The fourth-order valence-electron chi connectivity index (χ4n) is 1.87. The zero-order valence-electron chi connectivity index (χ0n) is 12.0. The van der Waals surface area contributed by atoms with Crippen LogP contribution in [0.15, 0.2) is 47.4 Å². The molecule has 0 bridgehead atoms. The lowest BCUT2D eigenvalue weighted by atomic mass is 10.2. The third kappa shape index (κ3) is 4.30. The first-order valence-electron chi connectivity index (χ1n) is 6.76. The van der Waals surface area contributed by atoms with Gasteiger partial charge in [0, 0.05) is 12.3 Å². The molecule has 22 heavy (non-hydrogen) atoms. The normalized spacial score (nSPS) is 10.8. The van der Waals surface area contributed by atoms with Gasteiger partial charge in [-0.05, 0) is 18.6 Å². The van der Waals surface area contributed by atoms with Gasteiger partial charge < -0.3 is 9.30 Å². The minimum Gasteiger partial charge on any atom is -0.463 e. The second-order valence-corrected chi connectivity index (χ2v) is 4.84. The Bertz CT molecular complexity index is 739. The summed E-state index contributed by atoms with van der Waals surface area (Å²) in [5, 5.41) is 0.180. The summed E-state index contributed by atoms with van der Waals surface area (Å²) in [7, 11) is 0. The standard InChI is InChI=1S/C16H15ClN2O3/c1-2-22-15(20)9-8-13-16(21)19(11-14(17)18-13)10-12-6-4-3-5-7-12/h3-9,11H,2,10H2,1H3. The molecule has 0 aliphatic rings. The molecule has 0 fully saturated rings. The van der Waals surface area contributed by atoms with Gasteiger partial charge in [0.1, 0.15) is 10.8 Å². The van der Waals surface area contributed by atoms with Gasteiger partial charge in [0.15, 0.2) is 0 Å². The number of carbonyl (C=O) groups is 1. The monoisotopic (exact) mass is 318 g/mol. The molecule has 5 nitrogen and oxygen atoms in total. The van der Waals surface area contributed by atoms with E-state index in [2.05, 4.69) is 4.98 Å². The SMILES string of the molecule is CCOC(=O)C=Cc1nc(Cl)cn(Cc2ccccc2)c1=O. The molecule has 114 valence electrons. The average molecular weight is 319 g/mol. The minimum atomic E-state index is -0.529. The molecule has 1 aromatic heterocycles. The fraction of sp³-hybridized carbons (Fsp3) is 0.188. The highest BCUT2D eigenvalue weighted by Crippen LogP contribution is 2.06. The van der Waals surface area contributed by atoms with Crippen molar-refractivity contribution in [1.82, 2.24) is 9.55 Å². The molecule has 0 atom stereocenters. The van der Waals surface area contributed by atoms with Crippen LogP contribution < -0.4 is 5.56 Å². The van der Waals surface area contributed by atoms with Crippen LogP contribution >= 0.6 is 11.6 Å². The van der Waals surface area contributed by atoms with Crippen LogP contribution in [-0.4, -0.2) is 22.1 Å². The number of halogens is 1. The fourth-order valence-corrected chi connectivity index (χ4v) is 2.08. The number of rotatable bonds is 5. The Morgan fingerprint density at radius 2 is 2.09 bits per heavy atom. The topological polar surface area (TPSA) is 61.2 Å². The summed E-state index contributed by atoms with van der Waals surface area (Å²) >= 11 is 5.94. The summed E-state index contributed by atoms with van der Waals surface area (Å²) in [5.74, 6) is -0.529. The van der Waals surface area contributed by atoms with E-state index in [0.717, 1.165) is 11.6 Å². The molecule has 0 amide bonds. The van der Waals surface area contributed by atoms with Crippen LogP contribution in [0.2, 0.25) is 5.15 Å². The molecule has 0 N–H and O–H groups in total. The number of nitrogens with zero attached hydrogens (tertiary/aromatic N) is 2. The quantitative estimate of drug-likeness (QED) is 0.628. The van der Waals surface area contributed by atoms with Gasteiger partial charge in [-0.15, -0.1) is 0 Å². The van der Waals surface area contributed by atoms with E-state index in [0.29, 0.717) is 6.54 Å². The Kier molecular flexibility index (Phi) is 5.49. The van der Waals surface area contributed by atoms with Crippen molar-refractivity contribution in [2.75, 3.05) is 6.61 Å². The first-order chi connectivity index (χ1) is 10.6. The van der Waals surface area contributed by atoms with Crippen LogP contribution in [0.3, 0.4) is 0 Å². The molecule has 2 rings (SSSR count). The maximum absolute atomic E-state index is 12.3. The van der Waals surface area contributed by atoms with Crippen molar-refractivity contribution in [1.29, 1.82) is 0 Å². The van der Waals surface area contributed by atoms with Crippen molar-refractivity contribution < 1.29 is 9.53 Å². The molecule has 0 radical (unpaired) electrons. The highest BCUT2D eigenvalue weighted by atomic mass is 35.5. The Balaban J connectivity index is 2.29. The van der Waals surface area contributed by atoms with Crippen LogP contribution in [0.5, 0.6) is 0 Å². The molecule has 0 unspecified atom stereocenters. The van der Waals surface area contributed by atoms with E-state index in [1.807, 2.05) is 30.3 Å². The van der Waals surface area contributed by atoms with Gasteiger partial charge in [0.25, 0.3) is 5.56 Å². The number of carbonyl (C=O) groups excluding carboxylic acids is 1. The predicted octanol–water partition coefficient (Wildman–Crippen LogP) is 2.52. The van der Waals surface area contributed by atoms with Crippen LogP contribution in [0.4, 0.5) is 0 Å². The van der Waals surface area contributed by atoms with Crippen LogP contribution in [0, 0.1) is 0 Å². The van der Waals surface area contributed by atoms with E-state index >= 15 is 0 Å². The number of hydrogen-bond donors (Lipinski definition) is 0. The number of hydrogen-bond acceptors (Lipinski definition) is 4. The zero-order valence-corrected chi connectivity index (χ0v) is 12.8. The van der Waals surface area contributed by atoms with Crippen molar-refractivity contribution in [3.8, 4) is 0 Å². The van der Waals surface area contributed by atoms with Crippen LogP contribution in [-0.2, 0) is 16.1 Å². The van der Waals surface area contributed by atoms with Crippen molar-refractivity contribution in [2.24, 2.45) is 0 Å². The summed E-state index contributed by atoms with van der Waals surface area (Å²) in [6.07, 6.45) is 3.95. The molecule has 2 aromatic rings. The number of esters is 1. The molecule has 0 saturated heterocycles. The summed E-state index contributed by atoms with van der Waals surface area (Å²) in [4.78, 5) is 27.6. The van der Waals surface area contributed by atoms with E-state index in [-0.39, 0.29) is 23.0 Å². The van der Waals surface area contributed by atoms with Gasteiger partial charge in [-0.3, -0.25) is 4.79 Å². The molecular weight excluding hydrogens is 304 g/mol. The van der Waals surface area contributed by atoms with Gasteiger partial charge in [-0.2, -0.15) is 0 Å². The first-order valence-corrected chi connectivity index (χ1v) is 7.13. The zero-order chi connectivity index (χ0) is 15.9. The predicted molar refractivity (Wildman–Crippen MR) is 84.7 cm³/mol. The lowest BCUT2D eigenvalue weighted by molar-refractivity contribution is -0.137. The largest absolute Gasteiger partial charge is 0.463 e. The Hall–Kier alpha value is -2.40. The third-order valence-electron chi connectivity index (χ3n) is 2.83. The van der Waals surface area contributed by atoms with Crippen molar-refractivity contribution >= 4 is 23.6 Å². The van der Waals surface area contributed by atoms with Gasteiger partial charge in [-0.1, -0.05) is 41.9 Å². The minimum absolute atomic E-state index is 0.0940. The molecule has 1 aromatic carbocycles. The van der Waals surface area contributed by atoms with E-state index in [1.165, 1.54) is 16.8 Å². The number of benzene rings is 1. The molecule has 1 heterocycles. The summed E-state index contributed by atoms with van der Waals surface area (Å²) < 4.78 is 6.22. The Morgan fingerprint density at radius 1 is 1.36 bits per heavy atom. The average Bonchev–Trinajstić information content (AvgIpc) is 2.50. The molecule has 6 heteroatoms. The molecule has 0 aliphatic carbocycles. The van der Waals surface area contributed by atoms with Gasteiger partial charge in [0.2, 0.25) is 0 Å². The summed E-state index contributed by atoms with van der Waals surface area (Å²) in [6.45, 7) is 2.35. The van der Waals surface area contributed by atoms with Crippen molar-refractivity contribution in [3.63, 3.8) is 0 Å². The Labute approximate surface area is 132 Å². The van der Waals surface area contributed by atoms with Crippen LogP contribution in [0.1, 0.15) is 18.2 Å². The number of ether oxygens (including phenoxy) is 1. The summed E-state index contributed by atoms with van der Waals surface area (Å²) in [5.41, 5.74) is 0.734. The highest BCUT2D eigenvalue weighted by Gasteiger charge is 2.07. The van der Waals surface area contributed by atoms with E-state index in [9.17, 15) is 9.59 Å². The second-order valence-electron chi connectivity index (χ2n) is 4.45. The van der Waals surface area contributed by atoms with Gasteiger partial charge >= 0.3 is 5.97 Å². The molecule has 0 aliphatic heterocycles. The summed E-state index contributed by atoms with van der Waals surface area (Å²) in [6, 6.07) is 9.51. The van der Waals surface area contributed by atoms with Gasteiger partial charge in [0.05, 0.1) is 13.2 Å². The Morgan fingerprint density at radius 3 is 2.77 bits per heavy atom. The van der Waals surface area contributed by atoms with E-state index < -0.39 is 5.97 Å². The van der Waals surface area contributed by atoms with Crippen LogP contribution in [0.25, 0.3) is 6.08 Å². The van der Waals surface area contributed by atoms with E-state index in [1.54, 1.807) is 6.92 Å². The number of aromatic nitrogens is 2.